The third kappa shape index (κ3) is 6.57. The van der Waals surface area contributed by atoms with Crippen LogP contribution in [-0.2, 0) is 27.2 Å². The average molecular weight is 438 g/mol. The molecule has 0 fully saturated rings. The SMILES string of the molecule is CCN(CC)C(=O)Cc1ccc(NC(=O)CCCOc2ccc3c(c2)CCC(=O)N3)cc1. The number of anilines is 2. The van der Waals surface area contributed by atoms with Crippen LogP contribution >= 0.6 is 0 Å². The molecule has 0 atom stereocenters. The molecule has 0 unspecified atom stereocenters. The van der Waals surface area contributed by atoms with Crippen LogP contribution in [-0.4, -0.2) is 42.3 Å². The average Bonchev–Trinajstić information content (AvgIpc) is 2.79. The quantitative estimate of drug-likeness (QED) is 0.554. The molecule has 170 valence electrons. The van der Waals surface area contributed by atoms with Crippen LogP contribution < -0.4 is 15.4 Å². The van der Waals surface area contributed by atoms with Crippen molar-refractivity contribution in [2.75, 3.05) is 30.3 Å². The number of carbonyl (C=O) groups is 3. The van der Waals surface area contributed by atoms with Gasteiger partial charge in [-0.3, -0.25) is 14.4 Å². The normalized spacial score (nSPS) is 12.5. The van der Waals surface area contributed by atoms with E-state index in [0.717, 1.165) is 22.6 Å². The number of aryl methyl sites for hydroxylation is 1. The van der Waals surface area contributed by atoms with E-state index in [0.29, 0.717) is 57.5 Å². The second-order valence-electron chi connectivity index (χ2n) is 7.81. The minimum atomic E-state index is -0.0753. The number of amides is 3. The topological polar surface area (TPSA) is 87.7 Å². The Kier molecular flexibility index (Phi) is 8.25. The molecule has 0 saturated carbocycles. The van der Waals surface area contributed by atoms with Gasteiger partial charge >= 0.3 is 0 Å². The van der Waals surface area contributed by atoms with Gasteiger partial charge in [-0.1, -0.05) is 12.1 Å². The van der Waals surface area contributed by atoms with E-state index in [2.05, 4.69) is 10.6 Å². The van der Waals surface area contributed by atoms with Crippen LogP contribution in [0.3, 0.4) is 0 Å². The summed E-state index contributed by atoms with van der Waals surface area (Å²) in [5, 5.41) is 5.73. The number of nitrogens with zero attached hydrogens (tertiary/aromatic N) is 1. The van der Waals surface area contributed by atoms with Gasteiger partial charge in [0.25, 0.3) is 0 Å². The molecule has 1 heterocycles. The molecule has 0 saturated heterocycles. The maximum Gasteiger partial charge on any atom is 0.226 e. The van der Waals surface area contributed by atoms with Crippen LogP contribution in [0.15, 0.2) is 42.5 Å². The molecule has 3 rings (SSSR count). The third-order valence-electron chi connectivity index (χ3n) is 5.50. The highest BCUT2D eigenvalue weighted by molar-refractivity contribution is 5.94. The molecule has 0 radical (unpaired) electrons. The Balaban J connectivity index is 1.39. The minimum absolute atomic E-state index is 0.0416. The Morgan fingerprint density at radius 2 is 1.81 bits per heavy atom. The molecule has 7 heteroatoms. The zero-order valence-electron chi connectivity index (χ0n) is 18.8. The molecule has 3 amide bonds. The fourth-order valence-corrected chi connectivity index (χ4v) is 3.66. The van der Waals surface area contributed by atoms with Crippen molar-refractivity contribution in [3.05, 3.63) is 53.6 Å². The molecule has 2 aromatic carbocycles. The van der Waals surface area contributed by atoms with Gasteiger partial charge in [-0.15, -0.1) is 0 Å². The first kappa shape index (κ1) is 23.3. The summed E-state index contributed by atoms with van der Waals surface area (Å²) in [6, 6.07) is 13.0. The lowest BCUT2D eigenvalue weighted by molar-refractivity contribution is -0.130. The van der Waals surface area contributed by atoms with E-state index >= 15 is 0 Å². The van der Waals surface area contributed by atoms with Crippen LogP contribution in [0.4, 0.5) is 11.4 Å². The number of fused-ring (bicyclic) bond motifs is 1. The minimum Gasteiger partial charge on any atom is -0.494 e. The summed E-state index contributed by atoms with van der Waals surface area (Å²) in [6.07, 6.45) is 2.51. The van der Waals surface area contributed by atoms with Crippen molar-refractivity contribution in [2.24, 2.45) is 0 Å². The van der Waals surface area contributed by atoms with E-state index < -0.39 is 0 Å². The number of carbonyl (C=O) groups excluding carboxylic acids is 3. The summed E-state index contributed by atoms with van der Waals surface area (Å²) in [7, 11) is 0. The zero-order valence-corrected chi connectivity index (χ0v) is 18.8. The van der Waals surface area contributed by atoms with Gasteiger partial charge in [0.15, 0.2) is 0 Å². The standard InChI is InChI=1S/C25H31N3O4/c1-3-28(4-2)25(31)16-18-7-10-20(11-8-18)26-23(29)6-5-15-32-21-12-13-22-19(17-21)9-14-24(30)27-22/h7-8,10-13,17H,3-6,9,14-16H2,1-2H3,(H,26,29)(H,27,30). The Hall–Kier alpha value is -3.35. The monoisotopic (exact) mass is 437 g/mol. The molecule has 1 aliphatic heterocycles. The van der Waals surface area contributed by atoms with Crippen molar-refractivity contribution in [1.29, 1.82) is 0 Å². The number of benzene rings is 2. The first-order chi connectivity index (χ1) is 15.5. The molecule has 1 aliphatic rings. The van der Waals surface area contributed by atoms with Crippen molar-refractivity contribution in [3.63, 3.8) is 0 Å². The summed E-state index contributed by atoms with van der Waals surface area (Å²) in [5.74, 6) is 0.819. The van der Waals surface area contributed by atoms with E-state index in [4.69, 9.17) is 4.74 Å². The predicted molar refractivity (Wildman–Crippen MR) is 125 cm³/mol. The van der Waals surface area contributed by atoms with Crippen molar-refractivity contribution in [3.8, 4) is 5.75 Å². The fourth-order valence-electron chi connectivity index (χ4n) is 3.66. The maximum absolute atomic E-state index is 12.2. The lowest BCUT2D eigenvalue weighted by atomic mass is 10.0. The smallest absolute Gasteiger partial charge is 0.226 e. The van der Waals surface area contributed by atoms with Crippen LogP contribution in [0.2, 0.25) is 0 Å². The molecule has 2 aromatic rings. The van der Waals surface area contributed by atoms with Crippen molar-refractivity contribution in [2.45, 2.75) is 46.0 Å². The van der Waals surface area contributed by atoms with Crippen molar-refractivity contribution >= 4 is 29.1 Å². The maximum atomic E-state index is 12.2. The second-order valence-corrected chi connectivity index (χ2v) is 7.81. The highest BCUT2D eigenvalue weighted by Gasteiger charge is 2.15. The van der Waals surface area contributed by atoms with Gasteiger partial charge in [-0.25, -0.2) is 0 Å². The van der Waals surface area contributed by atoms with Gasteiger partial charge in [0.05, 0.1) is 13.0 Å². The molecule has 0 bridgehead atoms. The van der Waals surface area contributed by atoms with Crippen LogP contribution in [0.25, 0.3) is 0 Å². The number of hydrogen-bond donors (Lipinski definition) is 2. The zero-order chi connectivity index (χ0) is 22.9. The van der Waals surface area contributed by atoms with Crippen LogP contribution in [0, 0.1) is 0 Å². The predicted octanol–water partition coefficient (Wildman–Crippen LogP) is 3.78. The van der Waals surface area contributed by atoms with Crippen LogP contribution in [0.1, 0.15) is 44.2 Å². The van der Waals surface area contributed by atoms with E-state index in [1.807, 2.05) is 56.3 Å². The number of rotatable bonds is 10. The summed E-state index contributed by atoms with van der Waals surface area (Å²) >= 11 is 0. The van der Waals surface area contributed by atoms with Gasteiger partial charge < -0.3 is 20.3 Å². The molecule has 7 nitrogen and oxygen atoms in total. The molecular weight excluding hydrogens is 406 g/mol. The van der Waals surface area contributed by atoms with Crippen LogP contribution in [0.5, 0.6) is 5.75 Å². The first-order valence-corrected chi connectivity index (χ1v) is 11.2. The Morgan fingerprint density at radius 1 is 1.06 bits per heavy atom. The van der Waals surface area contributed by atoms with Gasteiger partial charge in [-0.2, -0.15) is 0 Å². The van der Waals surface area contributed by atoms with Gasteiger partial charge in [0, 0.05) is 37.3 Å². The molecule has 32 heavy (non-hydrogen) atoms. The Labute approximate surface area is 189 Å². The van der Waals surface area contributed by atoms with Gasteiger partial charge in [-0.05, 0) is 68.1 Å². The van der Waals surface area contributed by atoms with Crippen molar-refractivity contribution < 1.29 is 19.1 Å². The second kappa shape index (κ2) is 11.3. The Morgan fingerprint density at radius 3 is 2.53 bits per heavy atom. The fraction of sp³-hybridized carbons (Fsp3) is 0.400. The lowest BCUT2D eigenvalue weighted by Crippen LogP contribution is -2.31. The molecular formula is C25H31N3O4. The molecule has 0 spiro atoms. The lowest BCUT2D eigenvalue weighted by Gasteiger charge is -2.18. The van der Waals surface area contributed by atoms with E-state index in [1.165, 1.54) is 0 Å². The van der Waals surface area contributed by atoms with E-state index in [-0.39, 0.29) is 17.7 Å². The Bertz CT molecular complexity index is 952. The molecule has 0 aromatic heterocycles. The number of hydrogen-bond acceptors (Lipinski definition) is 4. The van der Waals surface area contributed by atoms with E-state index in [9.17, 15) is 14.4 Å². The number of nitrogens with one attached hydrogen (secondary N) is 2. The highest BCUT2D eigenvalue weighted by atomic mass is 16.5. The van der Waals surface area contributed by atoms with E-state index in [1.54, 1.807) is 4.90 Å². The highest BCUT2D eigenvalue weighted by Crippen LogP contribution is 2.26. The third-order valence-corrected chi connectivity index (χ3v) is 5.50. The number of ether oxygens (including phenoxy) is 1. The van der Waals surface area contributed by atoms with Crippen molar-refractivity contribution in [1.82, 2.24) is 4.90 Å². The summed E-state index contributed by atoms with van der Waals surface area (Å²) in [5.41, 5.74) is 3.56. The van der Waals surface area contributed by atoms with Gasteiger partial charge in [0.2, 0.25) is 17.7 Å². The summed E-state index contributed by atoms with van der Waals surface area (Å²) in [4.78, 5) is 37.6. The largest absolute Gasteiger partial charge is 0.494 e. The first-order valence-electron chi connectivity index (χ1n) is 11.2. The summed E-state index contributed by atoms with van der Waals surface area (Å²) in [6.45, 7) is 5.79. The summed E-state index contributed by atoms with van der Waals surface area (Å²) < 4.78 is 5.76. The number of likely N-dealkylation sites (N-methyl/N-ethyl adjacent to an activating group) is 1. The van der Waals surface area contributed by atoms with Gasteiger partial charge in [0.1, 0.15) is 5.75 Å². The molecule has 0 aliphatic carbocycles. The molecule has 2 N–H and O–H groups in total.